The van der Waals surface area contributed by atoms with Crippen molar-refractivity contribution in [2.75, 3.05) is 32.9 Å². The van der Waals surface area contributed by atoms with Crippen LogP contribution in [-0.4, -0.2) is 55.5 Å². The SMILES string of the molecule is Cc1cc(C)cc(C(=O)OCC(=O)c2ccc(CC(=O)N3CCOCC3)s2)c1. The van der Waals surface area contributed by atoms with Crippen LogP contribution in [0.3, 0.4) is 0 Å². The van der Waals surface area contributed by atoms with Crippen molar-refractivity contribution in [3.63, 3.8) is 0 Å². The maximum Gasteiger partial charge on any atom is 0.338 e. The highest BCUT2D eigenvalue weighted by molar-refractivity contribution is 7.14. The van der Waals surface area contributed by atoms with Gasteiger partial charge in [-0.05, 0) is 38.1 Å². The Morgan fingerprint density at radius 1 is 1.07 bits per heavy atom. The van der Waals surface area contributed by atoms with Crippen LogP contribution in [0.5, 0.6) is 0 Å². The summed E-state index contributed by atoms with van der Waals surface area (Å²) in [6.45, 7) is 5.82. The third-order valence-electron chi connectivity index (χ3n) is 4.42. The minimum absolute atomic E-state index is 0.0328. The number of aryl methyl sites for hydroxylation is 2. The molecule has 0 bridgehead atoms. The van der Waals surface area contributed by atoms with Gasteiger partial charge in [0, 0.05) is 18.0 Å². The molecule has 0 saturated carbocycles. The van der Waals surface area contributed by atoms with Gasteiger partial charge >= 0.3 is 5.97 Å². The highest BCUT2D eigenvalue weighted by Gasteiger charge is 2.19. The number of morpholine rings is 1. The lowest BCUT2D eigenvalue weighted by atomic mass is 10.1. The predicted octanol–water partition coefficient (Wildman–Crippen LogP) is 2.81. The standard InChI is InChI=1S/C21H23NO5S/c1-14-9-15(2)11-16(10-14)21(25)27-13-18(23)19-4-3-17(28-19)12-20(24)22-5-7-26-8-6-22/h3-4,9-11H,5-8,12-13H2,1-2H3. The van der Waals surface area contributed by atoms with E-state index in [2.05, 4.69) is 0 Å². The fourth-order valence-corrected chi connectivity index (χ4v) is 4.00. The molecule has 1 aromatic heterocycles. The Kier molecular flexibility index (Phi) is 6.59. The zero-order valence-electron chi connectivity index (χ0n) is 16.0. The van der Waals surface area contributed by atoms with Crippen LogP contribution in [0.1, 0.15) is 36.0 Å². The molecule has 0 spiro atoms. The van der Waals surface area contributed by atoms with E-state index in [0.29, 0.717) is 36.7 Å². The van der Waals surface area contributed by atoms with Crippen LogP contribution in [0.4, 0.5) is 0 Å². The number of hydrogen-bond acceptors (Lipinski definition) is 6. The lowest BCUT2D eigenvalue weighted by Crippen LogP contribution is -2.41. The molecule has 1 aromatic carbocycles. The van der Waals surface area contributed by atoms with Crippen molar-refractivity contribution in [2.24, 2.45) is 0 Å². The number of rotatable bonds is 6. The summed E-state index contributed by atoms with van der Waals surface area (Å²) in [6, 6.07) is 8.90. The van der Waals surface area contributed by atoms with Crippen molar-refractivity contribution in [2.45, 2.75) is 20.3 Å². The Balaban J connectivity index is 1.53. The average Bonchev–Trinajstić information content (AvgIpc) is 3.14. The number of ether oxygens (including phenoxy) is 2. The fourth-order valence-electron chi connectivity index (χ4n) is 3.07. The van der Waals surface area contributed by atoms with Crippen molar-refractivity contribution in [1.29, 1.82) is 0 Å². The van der Waals surface area contributed by atoms with Crippen LogP contribution in [0.25, 0.3) is 0 Å². The van der Waals surface area contributed by atoms with Gasteiger partial charge in [0.2, 0.25) is 11.7 Å². The van der Waals surface area contributed by atoms with Gasteiger partial charge in [0.05, 0.1) is 30.1 Å². The smallest absolute Gasteiger partial charge is 0.338 e. The van der Waals surface area contributed by atoms with Gasteiger partial charge in [-0.1, -0.05) is 17.2 Å². The predicted molar refractivity (Wildman–Crippen MR) is 106 cm³/mol. The lowest BCUT2D eigenvalue weighted by molar-refractivity contribution is -0.134. The number of amides is 1. The molecule has 1 aliphatic heterocycles. The third kappa shape index (κ3) is 5.27. The topological polar surface area (TPSA) is 72.9 Å². The number of esters is 1. The van der Waals surface area contributed by atoms with Crippen LogP contribution in [0.2, 0.25) is 0 Å². The van der Waals surface area contributed by atoms with Crippen molar-refractivity contribution >= 4 is 29.0 Å². The van der Waals surface area contributed by atoms with E-state index in [4.69, 9.17) is 9.47 Å². The normalized spacial score (nSPS) is 14.0. The van der Waals surface area contributed by atoms with Gasteiger partial charge in [-0.3, -0.25) is 9.59 Å². The number of hydrogen-bond donors (Lipinski definition) is 0. The van der Waals surface area contributed by atoms with E-state index in [1.807, 2.05) is 19.9 Å². The number of benzene rings is 1. The van der Waals surface area contributed by atoms with Gasteiger partial charge in [0.25, 0.3) is 0 Å². The minimum atomic E-state index is -0.514. The highest BCUT2D eigenvalue weighted by Crippen LogP contribution is 2.19. The molecule has 2 aromatic rings. The molecule has 3 rings (SSSR count). The zero-order valence-corrected chi connectivity index (χ0v) is 16.8. The van der Waals surface area contributed by atoms with E-state index in [9.17, 15) is 14.4 Å². The molecule has 7 heteroatoms. The molecule has 0 radical (unpaired) electrons. The number of nitrogens with zero attached hydrogens (tertiary/aromatic N) is 1. The van der Waals surface area contributed by atoms with Crippen molar-refractivity contribution in [1.82, 2.24) is 4.90 Å². The summed E-state index contributed by atoms with van der Waals surface area (Å²) in [4.78, 5) is 39.9. The molecule has 1 fully saturated rings. The van der Waals surface area contributed by atoms with Gasteiger partial charge in [-0.25, -0.2) is 4.79 Å². The summed E-state index contributed by atoms with van der Waals surface area (Å²) < 4.78 is 10.4. The van der Waals surface area contributed by atoms with Gasteiger partial charge in [-0.2, -0.15) is 0 Å². The molecule has 0 aliphatic carbocycles. The third-order valence-corrected chi connectivity index (χ3v) is 5.54. The van der Waals surface area contributed by atoms with Crippen molar-refractivity contribution in [3.8, 4) is 0 Å². The molecule has 0 N–H and O–H groups in total. The molecular weight excluding hydrogens is 378 g/mol. The number of thiophene rings is 1. The monoisotopic (exact) mass is 401 g/mol. The van der Waals surface area contributed by atoms with Crippen molar-refractivity contribution < 1.29 is 23.9 Å². The lowest BCUT2D eigenvalue weighted by Gasteiger charge is -2.26. The second-order valence-electron chi connectivity index (χ2n) is 6.81. The summed E-state index contributed by atoms with van der Waals surface area (Å²) in [6.07, 6.45) is 0.264. The molecule has 0 atom stereocenters. The maximum atomic E-state index is 12.3. The Bertz CT molecular complexity index is 862. The molecular formula is C21H23NO5S. The summed E-state index contributed by atoms with van der Waals surface area (Å²) >= 11 is 1.27. The van der Waals surface area contributed by atoms with E-state index in [1.54, 1.807) is 29.2 Å². The highest BCUT2D eigenvalue weighted by atomic mass is 32.1. The molecule has 28 heavy (non-hydrogen) atoms. The number of Topliss-reactive ketones (excluding diaryl/α,β-unsaturated/α-hetero) is 1. The van der Waals surface area contributed by atoms with E-state index in [0.717, 1.165) is 16.0 Å². The number of carbonyl (C=O) groups excluding carboxylic acids is 3. The maximum absolute atomic E-state index is 12.3. The van der Waals surface area contributed by atoms with E-state index >= 15 is 0 Å². The van der Waals surface area contributed by atoms with Crippen molar-refractivity contribution in [3.05, 3.63) is 56.8 Å². The molecule has 1 saturated heterocycles. The molecule has 6 nitrogen and oxygen atoms in total. The van der Waals surface area contributed by atoms with Crippen LogP contribution in [0, 0.1) is 13.8 Å². The first-order valence-corrected chi connectivity index (χ1v) is 9.97. The largest absolute Gasteiger partial charge is 0.454 e. The van der Waals surface area contributed by atoms with Gasteiger partial charge in [0.15, 0.2) is 6.61 Å². The summed E-state index contributed by atoms with van der Waals surface area (Å²) in [7, 11) is 0. The Morgan fingerprint density at radius 3 is 2.43 bits per heavy atom. The molecule has 148 valence electrons. The van der Waals surface area contributed by atoms with Crippen LogP contribution in [0.15, 0.2) is 30.3 Å². The molecule has 0 unspecified atom stereocenters. The first-order valence-electron chi connectivity index (χ1n) is 9.15. The van der Waals surface area contributed by atoms with Gasteiger partial charge < -0.3 is 14.4 Å². The summed E-state index contributed by atoms with van der Waals surface area (Å²) in [5.74, 6) is -0.752. The van der Waals surface area contributed by atoms with Crippen LogP contribution >= 0.6 is 11.3 Å². The fraction of sp³-hybridized carbons (Fsp3) is 0.381. The Labute approximate surface area is 168 Å². The van der Waals surface area contributed by atoms with Crippen LogP contribution in [-0.2, 0) is 20.7 Å². The summed E-state index contributed by atoms with van der Waals surface area (Å²) in [5, 5.41) is 0. The van der Waals surface area contributed by atoms with E-state index in [1.165, 1.54) is 11.3 Å². The Hall–Kier alpha value is -2.51. The minimum Gasteiger partial charge on any atom is -0.454 e. The Morgan fingerprint density at radius 2 is 1.75 bits per heavy atom. The molecule has 1 aliphatic rings. The molecule has 2 heterocycles. The summed E-state index contributed by atoms with van der Waals surface area (Å²) in [5.41, 5.74) is 2.37. The molecule has 1 amide bonds. The van der Waals surface area contributed by atoms with E-state index in [-0.39, 0.29) is 24.7 Å². The number of ketones is 1. The second-order valence-corrected chi connectivity index (χ2v) is 7.98. The van der Waals surface area contributed by atoms with E-state index < -0.39 is 5.97 Å². The average molecular weight is 401 g/mol. The first kappa shape index (κ1) is 20.2. The first-order chi connectivity index (χ1) is 13.4. The second kappa shape index (κ2) is 9.12. The van der Waals surface area contributed by atoms with Crippen LogP contribution < -0.4 is 0 Å². The quantitative estimate of drug-likeness (QED) is 0.550. The van der Waals surface area contributed by atoms with Gasteiger partial charge in [-0.15, -0.1) is 11.3 Å². The number of carbonyl (C=O) groups is 3. The zero-order chi connectivity index (χ0) is 20.1. The van der Waals surface area contributed by atoms with Gasteiger partial charge in [0.1, 0.15) is 0 Å².